The number of benzene rings is 2. The van der Waals surface area contributed by atoms with Crippen LogP contribution in [0.5, 0.6) is 0 Å². The minimum Gasteiger partial charge on any atom is -0.396 e. The van der Waals surface area contributed by atoms with Crippen molar-refractivity contribution >= 4 is 28.9 Å². The van der Waals surface area contributed by atoms with Crippen molar-refractivity contribution in [2.45, 2.75) is 57.6 Å². The summed E-state index contributed by atoms with van der Waals surface area (Å²) in [6.07, 6.45) is 8.15. The van der Waals surface area contributed by atoms with Crippen molar-refractivity contribution < 1.29 is 24.7 Å². The van der Waals surface area contributed by atoms with Gasteiger partial charge in [0.1, 0.15) is 0 Å². The summed E-state index contributed by atoms with van der Waals surface area (Å²) >= 11 is 0. The maximum atomic E-state index is 13.7. The predicted molar refractivity (Wildman–Crippen MR) is 140 cm³/mol. The first-order chi connectivity index (χ1) is 17.8. The first-order valence-electron chi connectivity index (χ1n) is 12.8. The summed E-state index contributed by atoms with van der Waals surface area (Å²) in [4.78, 5) is 40.6. The Morgan fingerprint density at radius 3 is 2.68 bits per heavy atom. The highest BCUT2D eigenvalue weighted by atomic mass is 16.6. The Hall–Kier alpha value is -3.56. The molecule has 2 atom stereocenters. The van der Waals surface area contributed by atoms with Crippen LogP contribution < -0.4 is 9.80 Å². The van der Waals surface area contributed by atoms with Crippen LogP contribution in [0.1, 0.15) is 56.6 Å². The van der Waals surface area contributed by atoms with E-state index >= 15 is 0 Å². The molecule has 9 heteroatoms. The van der Waals surface area contributed by atoms with Crippen LogP contribution in [0, 0.1) is 16.0 Å². The molecule has 2 aliphatic heterocycles. The number of hydrogen-bond donors (Lipinski definition) is 2. The number of fused-ring (bicyclic) bond motifs is 1. The van der Waals surface area contributed by atoms with Crippen molar-refractivity contribution in [2.75, 3.05) is 23.0 Å². The fourth-order valence-electron chi connectivity index (χ4n) is 5.16. The Labute approximate surface area is 216 Å². The third-order valence-electron chi connectivity index (χ3n) is 7.23. The second-order valence-electron chi connectivity index (χ2n) is 9.72. The molecule has 9 nitrogen and oxygen atoms in total. The van der Waals surface area contributed by atoms with Crippen molar-refractivity contribution in [3.05, 3.63) is 75.9 Å². The van der Waals surface area contributed by atoms with Crippen molar-refractivity contribution in [3.8, 4) is 0 Å². The lowest BCUT2D eigenvalue weighted by Crippen LogP contribution is -2.44. The molecule has 2 aromatic carbocycles. The Bertz CT molecular complexity index is 1210. The predicted octanol–water partition coefficient (Wildman–Crippen LogP) is 4.20. The molecule has 2 heterocycles. The number of carbonyl (C=O) groups is 2. The lowest BCUT2D eigenvalue weighted by Gasteiger charge is -2.28. The van der Waals surface area contributed by atoms with Crippen LogP contribution in [-0.4, -0.2) is 40.1 Å². The number of aliphatic hydroxyl groups excluding tert-OH is 1. The molecule has 2 N–H and O–H groups in total. The Balaban J connectivity index is 1.68. The second-order valence-corrected chi connectivity index (χ2v) is 9.72. The Kier molecular flexibility index (Phi) is 8.04. The van der Waals surface area contributed by atoms with E-state index in [2.05, 4.69) is 0 Å². The zero-order valence-corrected chi connectivity index (χ0v) is 21.0. The van der Waals surface area contributed by atoms with Gasteiger partial charge in [-0.3, -0.25) is 19.7 Å². The van der Waals surface area contributed by atoms with E-state index in [0.717, 1.165) is 36.9 Å². The fourth-order valence-corrected chi connectivity index (χ4v) is 5.16. The standard InChI is InChI=1S/C28H33N3O6/c1-20(9-5-7-16-32)28(35)24-18-23(31(36)37)13-14-25(24)30(27(28)34)19-21-10-8-11-22(17-21)29-15-6-3-2-4-12-26(29)33/h5,8-11,13-14,17-18,20,32,35H,2-4,6-7,12,15-16,19H2,1H3/b9-5+/t20-,28+/m1/s1. The maximum absolute atomic E-state index is 13.7. The fraction of sp³-hybridized carbons (Fsp3) is 0.429. The number of rotatable bonds is 8. The van der Waals surface area contributed by atoms with Crippen LogP contribution in [0.25, 0.3) is 0 Å². The Morgan fingerprint density at radius 1 is 1.14 bits per heavy atom. The van der Waals surface area contributed by atoms with E-state index in [1.54, 1.807) is 24.0 Å². The highest BCUT2D eigenvalue weighted by Crippen LogP contribution is 2.47. The van der Waals surface area contributed by atoms with Gasteiger partial charge in [-0.05, 0) is 43.0 Å². The van der Waals surface area contributed by atoms with Crippen LogP contribution in [0.4, 0.5) is 17.1 Å². The zero-order chi connectivity index (χ0) is 26.6. The average Bonchev–Trinajstić information content (AvgIpc) is 3.09. The molecule has 0 saturated carbocycles. The lowest BCUT2D eigenvalue weighted by atomic mass is 9.82. The molecule has 37 heavy (non-hydrogen) atoms. The number of carbonyl (C=O) groups excluding carboxylic acids is 2. The number of non-ortho nitro benzene ring substituents is 1. The third kappa shape index (κ3) is 5.28. The number of aliphatic hydroxyl groups is 2. The highest BCUT2D eigenvalue weighted by molar-refractivity contribution is 6.07. The molecule has 0 aliphatic carbocycles. The summed E-state index contributed by atoms with van der Waals surface area (Å²) in [5, 5.41) is 32.3. The number of nitro benzene ring substituents is 1. The van der Waals surface area contributed by atoms with Gasteiger partial charge < -0.3 is 20.0 Å². The van der Waals surface area contributed by atoms with Crippen molar-refractivity contribution in [1.82, 2.24) is 0 Å². The number of anilines is 2. The van der Waals surface area contributed by atoms with Crippen LogP contribution >= 0.6 is 0 Å². The Morgan fingerprint density at radius 2 is 1.92 bits per heavy atom. The quantitative estimate of drug-likeness (QED) is 0.313. The van der Waals surface area contributed by atoms with E-state index in [4.69, 9.17) is 5.11 Å². The monoisotopic (exact) mass is 507 g/mol. The normalized spacial score (nSPS) is 21.2. The molecule has 1 saturated heterocycles. The van der Waals surface area contributed by atoms with Crippen LogP contribution in [0.15, 0.2) is 54.6 Å². The van der Waals surface area contributed by atoms with Gasteiger partial charge in [-0.2, -0.15) is 0 Å². The molecular formula is C28H33N3O6. The minimum absolute atomic E-state index is 0.0698. The van der Waals surface area contributed by atoms with Gasteiger partial charge in [-0.1, -0.05) is 44.1 Å². The summed E-state index contributed by atoms with van der Waals surface area (Å²) in [7, 11) is 0. The number of nitrogens with zero attached hydrogens (tertiary/aromatic N) is 3. The van der Waals surface area contributed by atoms with E-state index in [-0.39, 0.29) is 30.3 Å². The van der Waals surface area contributed by atoms with Crippen molar-refractivity contribution in [3.63, 3.8) is 0 Å². The van der Waals surface area contributed by atoms with Gasteiger partial charge in [0.2, 0.25) is 5.91 Å². The first-order valence-corrected chi connectivity index (χ1v) is 12.8. The summed E-state index contributed by atoms with van der Waals surface area (Å²) < 4.78 is 0. The van der Waals surface area contributed by atoms with Crippen molar-refractivity contribution in [2.24, 2.45) is 5.92 Å². The van der Waals surface area contributed by atoms with Gasteiger partial charge in [0.05, 0.1) is 17.2 Å². The van der Waals surface area contributed by atoms with Gasteiger partial charge in [0.15, 0.2) is 5.60 Å². The maximum Gasteiger partial charge on any atom is 0.269 e. The third-order valence-corrected chi connectivity index (χ3v) is 7.23. The molecule has 2 aliphatic rings. The van der Waals surface area contributed by atoms with Gasteiger partial charge in [0.25, 0.3) is 11.6 Å². The van der Waals surface area contributed by atoms with Crippen LogP contribution in [-0.2, 0) is 21.7 Å². The largest absolute Gasteiger partial charge is 0.396 e. The molecular weight excluding hydrogens is 474 g/mol. The zero-order valence-electron chi connectivity index (χ0n) is 21.0. The summed E-state index contributed by atoms with van der Waals surface area (Å²) in [5.41, 5.74) is -0.0652. The van der Waals surface area contributed by atoms with E-state index in [1.165, 1.54) is 23.1 Å². The molecule has 1 fully saturated rings. The second kappa shape index (κ2) is 11.2. The highest BCUT2D eigenvalue weighted by Gasteiger charge is 2.53. The van der Waals surface area contributed by atoms with Gasteiger partial charge in [-0.15, -0.1) is 0 Å². The van der Waals surface area contributed by atoms with E-state index < -0.39 is 22.3 Å². The molecule has 0 unspecified atom stereocenters. The van der Waals surface area contributed by atoms with Crippen LogP contribution in [0.2, 0.25) is 0 Å². The van der Waals surface area contributed by atoms with E-state index in [0.29, 0.717) is 25.1 Å². The minimum atomic E-state index is -2.00. The molecule has 0 bridgehead atoms. The van der Waals surface area contributed by atoms with Crippen molar-refractivity contribution in [1.29, 1.82) is 0 Å². The number of hydrogen-bond acceptors (Lipinski definition) is 6. The topological polar surface area (TPSA) is 124 Å². The van der Waals surface area contributed by atoms with Gasteiger partial charge in [-0.25, -0.2) is 0 Å². The molecule has 196 valence electrons. The molecule has 0 radical (unpaired) electrons. The SMILES string of the molecule is C[C@H](/C=C/CCO)[C@@]1(O)C(=O)N(Cc2cccc(N3CCCCCCC3=O)c2)c2ccc([N+](=O)[O-])cc21. The molecule has 0 aromatic heterocycles. The molecule has 4 rings (SSSR count). The van der Waals surface area contributed by atoms with E-state index in [9.17, 15) is 24.8 Å². The number of nitro groups is 1. The first kappa shape index (κ1) is 26.5. The molecule has 2 aromatic rings. The van der Waals surface area contributed by atoms with Crippen LogP contribution in [0.3, 0.4) is 0 Å². The molecule has 2 amide bonds. The lowest BCUT2D eigenvalue weighted by molar-refractivity contribution is -0.385. The number of amides is 2. The summed E-state index contributed by atoms with van der Waals surface area (Å²) in [5.74, 6) is -1.18. The summed E-state index contributed by atoms with van der Waals surface area (Å²) in [6.45, 7) is 2.38. The molecule has 0 spiro atoms. The smallest absolute Gasteiger partial charge is 0.269 e. The average molecular weight is 508 g/mol. The van der Waals surface area contributed by atoms with Gasteiger partial charge >= 0.3 is 0 Å². The van der Waals surface area contributed by atoms with Gasteiger partial charge in [0, 0.05) is 48.9 Å². The summed E-state index contributed by atoms with van der Waals surface area (Å²) in [6, 6.07) is 11.6. The van der Waals surface area contributed by atoms with E-state index in [1.807, 2.05) is 24.3 Å².